The standard InChI is InChI=1S/C25H36N8.3ClH/c26-19-10-12-20(13-11-19)30-25-31-23(28-15-14-27-16-18-6-2-1-3-7-18)22-24(32-25)33(17-29-22)21-8-4-5-9-21;;;/h1-3,6-7,17,19-21,27H,4-5,8-16,26H2,(H2,28,30,31,32);3*1H/t19-,20-;;;. The Hall–Kier alpha value is -1.84. The first kappa shape index (κ1) is 30.4. The molecular weight excluding hydrogens is 519 g/mol. The highest BCUT2D eigenvalue weighted by Crippen LogP contribution is 2.33. The minimum absolute atomic E-state index is 0. The van der Waals surface area contributed by atoms with Crippen molar-refractivity contribution in [3.63, 3.8) is 0 Å². The molecule has 5 rings (SSSR count). The van der Waals surface area contributed by atoms with Crippen molar-refractivity contribution < 1.29 is 0 Å². The molecule has 200 valence electrons. The van der Waals surface area contributed by atoms with E-state index >= 15 is 0 Å². The number of nitrogens with zero attached hydrogens (tertiary/aromatic N) is 4. The van der Waals surface area contributed by atoms with Crippen LogP contribution in [0.15, 0.2) is 36.7 Å². The number of hydrogen-bond donors (Lipinski definition) is 4. The minimum Gasteiger partial charge on any atom is -0.367 e. The Morgan fingerprint density at radius 2 is 1.61 bits per heavy atom. The molecule has 0 bridgehead atoms. The van der Waals surface area contributed by atoms with Crippen molar-refractivity contribution >= 4 is 60.2 Å². The number of anilines is 2. The van der Waals surface area contributed by atoms with Crippen LogP contribution in [0, 0.1) is 0 Å². The molecule has 3 aromatic rings. The second-order valence-corrected chi connectivity index (χ2v) is 9.50. The largest absolute Gasteiger partial charge is 0.367 e. The van der Waals surface area contributed by atoms with Crippen LogP contribution in [0.4, 0.5) is 11.8 Å². The van der Waals surface area contributed by atoms with Crippen LogP contribution >= 0.6 is 37.2 Å². The zero-order valence-corrected chi connectivity index (χ0v) is 23.0. The van der Waals surface area contributed by atoms with Gasteiger partial charge in [0.25, 0.3) is 0 Å². The molecule has 2 aliphatic carbocycles. The number of nitrogens with two attached hydrogens (primary N) is 1. The van der Waals surface area contributed by atoms with Crippen LogP contribution in [-0.4, -0.2) is 44.7 Å². The van der Waals surface area contributed by atoms with Crippen LogP contribution in [0.1, 0.15) is 63.0 Å². The molecule has 0 amide bonds. The number of rotatable bonds is 9. The van der Waals surface area contributed by atoms with E-state index < -0.39 is 0 Å². The number of aromatic nitrogens is 4. The molecule has 0 spiro atoms. The highest BCUT2D eigenvalue weighted by molar-refractivity contribution is 5.86. The van der Waals surface area contributed by atoms with E-state index in [1.54, 1.807) is 0 Å². The average Bonchev–Trinajstić information content (AvgIpc) is 3.51. The number of benzene rings is 1. The maximum absolute atomic E-state index is 6.09. The molecule has 2 heterocycles. The number of imidazole rings is 1. The third-order valence-electron chi connectivity index (χ3n) is 7.01. The zero-order chi connectivity index (χ0) is 22.5. The molecule has 11 heteroatoms. The lowest BCUT2D eigenvalue weighted by molar-refractivity contribution is 0.410. The van der Waals surface area contributed by atoms with E-state index in [2.05, 4.69) is 44.8 Å². The Bertz CT molecular complexity index is 1030. The molecule has 5 N–H and O–H groups in total. The molecule has 0 radical (unpaired) electrons. The third kappa shape index (κ3) is 7.59. The van der Waals surface area contributed by atoms with Crippen molar-refractivity contribution in [2.75, 3.05) is 23.7 Å². The molecule has 2 saturated carbocycles. The number of fused-ring (bicyclic) bond motifs is 1. The van der Waals surface area contributed by atoms with E-state index in [1.807, 2.05) is 12.4 Å². The Morgan fingerprint density at radius 3 is 2.33 bits per heavy atom. The smallest absolute Gasteiger partial charge is 0.227 e. The second-order valence-electron chi connectivity index (χ2n) is 9.50. The van der Waals surface area contributed by atoms with Gasteiger partial charge in [-0.1, -0.05) is 43.2 Å². The van der Waals surface area contributed by atoms with Gasteiger partial charge in [-0.05, 0) is 44.1 Å². The van der Waals surface area contributed by atoms with Crippen LogP contribution in [0.2, 0.25) is 0 Å². The maximum Gasteiger partial charge on any atom is 0.227 e. The summed E-state index contributed by atoms with van der Waals surface area (Å²) in [5.74, 6) is 1.51. The summed E-state index contributed by atoms with van der Waals surface area (Å²) in [4.78, 5) is 14.5. The number of hydrogen-bond acceptors (Lipinski definition) is 7. The van der Waals surface area contributed by atoms with Gasteiger partial charge in [0, 0.05) is 37.8 Å². The summed E-state index contributed by atoms with van der Waals surface area (Å²) in [6.45, 7) is 2.47. The molecule has 0 unspecified atom stereocenters. The van der Waals surface area contributed by atoms with Gasteiger partial charge in [-0.25, -0.2) is 4.98 Å². The van der Waals surface area contributed by atoms with Crippen LogP contribution < -0.4 is 21.7 Å². The lowest BCUT2D eigenvalue weighted by atomic mass is 9.92. The maximum atomic E-state index is 6.09. The van der Waals surface area contributed by atoms with Crippen molar-refractivity contribution in [1.29, 1.82) is 0 Å². The highest BCUT2D eigenvalue weighted by Gasteiger charge is 2.23. The fourth-order valence-electron chi connectivity index (χ4n) is 5.10. The SMILES string of the molecule is Cl.Cl.Cl.N[C@H]1CC[C@H](Nc2nc(NCCNCc3ccccc3)c3ncn(C4CCCC4)c3n2)CC1. The predicted molar refractivity (Wildman–Crippen MR) is 155 cm³/mol. The fourth-order valence-corrected chi connectivity index (χ4v) is 5.10. The summed E-state index contributed by atoms with van der Waals surface area (Å²) in [5, 5.41) is 10.6. The normalized spacial score (nSPS) is 19.7. The van der Waals surface area contributed by atoms with E-state index in [1.165, 1.54) is 31.2 Å². The monoisotopic (exact) mass is 556 g/mol. The van der Waals surface area contributed by atoms with Gasteiger partial charge in [-0.2, -0.15) is 9.97 Å². The highest BCUT2D eigenvalue weighted by atomic mass is 35.5. The van der Waals surface area contributed by atoms with Gasteiger partial charge in [0.2, 0.25) is 5.95 Å². The number of nitrogens with one attached hydrogen (secondary N) is 3. The van der Waals surface area contributed by atoms with Gasteiger partial charge in [0.1, 0.15) is 0 Å². The Morgan fingerprint density at radius 1 is 0.889 bits per heavy atom. The third-order valence-corrected chi connectivity index (χ3v) is 7.01. The van der Waals surface area contributed by atoms with Crippen molar-refractivity contribution in [1.82, 2.24) is 24.8 Å². The summed E-state index contributed by atoms with van der Waals surface area (Å²) in [5.41, 5.74) is 9.18. The molecule has 2 aliphatic rings. The lowest BCUT2D eigenvalue weighted by Gasteiger charge is -2.27. The molecule has 8 nitrogen and oxygen atoms in total. The fraction of sp³-hybridized carbons (Fsp3) is 0.560. The van der Waals surface area contributed by atoms with Gasteiger partial charge in [-0.3, -0.25) is 0 Å². The summed E-state index contributed by atoms with van der Waals surface area (Å²) in [6, 6.07) is 11.7. The van der Waals surface area contributed by atoms with Crippen molar-refractivity contribution in [2.24, 2.45) is 5.73 Å². The Labute approximate surface area is 232 Å². The Kier molecular flexibility index (Phi) is 12.5. The van der Waals surface area contributed by atoms with E-state index in [9.17, 15) is 0 Å². The summed E-state index contributed by atoms with van der Waals surface area (Å²) < 4.78 is 2.27. The molecule has 2 aromatic heterocycles. The molecule has 0 atom stereocenters. The van der Waals surface area contributed by atoms with E-state index in [0.717, 1.165) is 62.3 Å². The summed E-state index contributed by atoms with van der Waals surface area (Å²) >= 11 is 0. The van der Waals surface area contributed by atoms with Crippen LogP contribution in [0.25, 0.3) is 11.2 Å². The molecule has 1 aromatic carbocycles. The molecule has 2 fully saturated rings. The topological polar surface area (TPSA) is 106 Å². The first-order valence-corrected chi connectivity index (χ1v) is 12.5. The first-order valence-electron chi connectivity index (χ1n) is 12.5. The second kappa shape index (κ2) is 14.8. The van der Waals surface area contributed by atoms with Gasteiger partial charge in [0.15, 0.2) is 17.0 Å². The van der Waals surface area contributed by atoms with E-state index in [0.29, 0.717) is 24.1 Å². The van der Waals surface area contributed by atoms with Gasteiger partial charge in [-0.15, -0.1) is 37.2 Å². The molecular formula is C25H39Cl3N8. The van der Waals surface area contributed by atoms with Crippen LogP contribution in [-0.2, 0) is 6.54 Å². The average molecular weight is 558 g/mol. The van der Waals surface area contributed by atoms with E-state index in [4.69, 9.17) is 20.7 Å². The quantitative estimate of drug-likeness (QED) is 0.272. The van der Waals surface area contributed by atoms with Gasteiger partial charge >= 0.3 is 0 Å². The van der Waals surface area contributed by atoms with Crippen LogP contribution in [0.5, 0.6) is 0 Å². The zero-order valence-electron chi connectivity index (χ0n) is 20.6. The van der Waals surface area contributed by atoms with Crippen LogP contribution in [0.3, 0.4) is 0 Å². The lowest BCUT2D eigenvalue weighted by Crippen LogP contribution is -2.33. The van der Waals surface area contributed by atoms with E-state index in [-0.39, 0.29) is 37.2 Å². The molecule has 36 heavy (non-hydrogen) atoms. The van der Waals surface area contributed by atoms with Gasteiger partial charge in [0.05, 0.1) is 6.33 Å². The molecule has 0 saturated heterocycles. The minimum atomic E-state index is 0. The summed E-state index contributed by atoms with van der Waals surface area (Å²) in [7, 11) is 0. The summed E-state index contributed by atoms with van der Waals surface area (Å²) in [6.07, 6.45) is 11.2. The number of halogens is 3. The Balaban J connectivity index is 0.00000152. The van der Waals surface area contributed by atoms with Crippen molar-refractivity contribution in [3.8, 4) is 0 Å². The van der Waals surface area contributed by atoms with Gasteiger partial charge < -0.3 is 26.3 Å². The first-order chi connectivity index (χ1) is 16.3. The van der Waals surface area contributed by atoms with Crippen molar-refractivity contribution in [3.05, 3.63) is 42.2 Å². The predicted octanol–water partition coefficient (Wildman–Crippen LogP) is 5.09. The van der Waals surface area contributed by atoms with Crippen molar-refractivity contribution in [2.45, 2.75) is 76.0 Å². The molecule has 0 aliphatic heterocycles.